The maximum Gasteiger partial charge on any atom is 0.336 e. The summed E-state index contributed by atoms with van der Waals surface area (Å²) in [4.78, 5) is 41.5. The smallest absolute Gasteiger partial charge is 0.336 e. The second-order valence-electron chi connectivity index (χ2n) is 6.43. The molecular formula is C18H23N3O7. The minimum Gasteiger partial charge on any atom is -0.466 e. The lowest BCUT2D eigenvalue weighted by Gasteiger charge is -2.28. The summed E-state index contributed by atoms with van der Waals surface area (Å²) in [6.07, 6.45) is 0. The fraction of sp³-hybridized carbons (Fsp3) is 0.500. The molecule has 152 valence electrons. The Hall–Kier alpha value is -3.17. The Balaban J connectivity index is 2.33. The van der Waals surface area contributed by atoms with E-state index in [4.69, 9.17) is 18.7 Å². The van der Waals surface area contributed by atoms with Crippen LogP contribution in [0.25, 0.3) is 0 Å². The molecule has 0 atom stereocenters. The lowest BCUT2D eigenvalue weighted by Crippen LogP contribution is -2.37. The number of aromatic nitrogens is 2. The van der Waals surface area contributed by atoms with Crippen LogP contribution in [-0.4, -0.2) is 42.3 Å². The van der Waals surface area contributed by atoms with Gasteiger partial charge in [-0.15, -0.1) is 0 Å². The molecule has 1 N–H and O–H groups in total. The van der Waals surface area contributed by atoms with Gasteiger partial charge in [0.1, 0.15) is 5.92 Å². The molecule has 0 amide bonds. The Morgan fingerprint density at radius 2 is 1.61 bits per heavy atom. The number of hydrogen-bond donors (Lipinski definition) is 1. The minimum atomic E-state index is -1.31. The molecule has 2 heterocycles. The number of methoxy groups -OCH3 is 2. The molecule has 1 aromatic heterocycles. The summed E-state index contributed by atoms with van der Waals surface area (Å²) in [7, 11) is 2.36. The van der Waals surface area contributed by atoms with E-state index >= 15 is 0 Å². The molecule has 10 heteroatoms. The molecule has 0 bridgehead atoms. The van der Waals surface area contributed by atoms with Gasteiger partial charge in [-0.1, -0.05) is 19.0 Å². The van der Waals surface area contributed by atoms with E-state index in [9.17, 15) is 14.4 Å². The van der Waals surface area contributed by atoms with Gasteiger partial charge in [0.25, 0.3) is 5.89 Å². The van der Waals surface area contributed by atoms with Gasteiger partial charge in [-0.2, -0.15) is 4.98 Å². The summed E-state index contributed by atoms with van der Waals surface area (Å²) in [5.74, 6) is -3.05. The molecule has 28 heavy (non-hydrogen) atoms. The number of rotatable bonds is 6. The Morgan fingerprint density at radius 1 is 1.07 bits per heavy atom. The average molecular weight is 393 g/mol. The van der Waals surface area contributed by atoms with E-state index in [1.807, 2.05) is 13.8 Å². The molecule has 0 saturated carbocycles. The Labute approximate surface area is 161 Å². The number of nitrogens with one attached hydrogen (secondary N) is 1. The van der Waals surface area contributed by atoms with Crippen LogP contribution in [0.5, 0.6) is 0 Å². The highest BCUT2D eigenvalue weighted by Crippen LogP contribution is 2.32. The van der Waals surface area contributed by atoms with E-state index in [0.717, 1.165) is 0 Å². The van der Waals surface area contributed by atoms with Crippen LogP contribution in [0.3, 0.4) is 0 Å². The lowest BCUT2D eigenvalue weighted by molar-refractivity contribution is -0.152. The fourth-order valence-electron chi connectivity index (χ4n) is 2.77. The van der Waals surface area contributed by atoms with E-state index in [-0.39, 0.29) is 29.6 Å². The van der Waals surface area contributed by atoms with Gasteiger partial charge in [-0.3, -0.25) is 4.79 Å². The molecule has 1 aliphatic rings. The van der Waals surface area contributed by atoms with Gasteiger partial charge in [-0.05, 0) is 13.8 Å². The fourth-order valence-corrected chi connectivity index (χ4v) is 2.77. The predicted molar refractivity (Wildman–Crippen MR) is 94.2 cm³/mol. The summed E-state index contributed by atoms with van der Waals surface area (Å²) < 4.78 is 19.8. The van der Waals surface area contributed by atoms with Gasteiger partial charge < -0.3 is 24.1 Å². The van der Waals surface area contributed by atoms with Crippen molar-refractivity contribution in [2.45, 2.75) is 40.2 Å². The molecule has 2 rings (SSSR count). The topological polar surface area (TPSA) is 130 Å². The molecule has 0 aromatic carbocycles. The van der Waals surface area contributed by atoms with E-state index in [1.165, 1.54) is 14.2 Å². The van der Waals surface area contributed by atoms with Crippen LogP contribution in [0, 0.1) is 5.92 Å². The van der Waals surface area contributed by atoms with Crippen LogP contribution in [0.2, 0.25) is 0 Å². The third-order valence-electron chi connectivity index (χ3n) is 4.14. The van der Waals surface area contributed by atoms with Crippen molar-refractivity contribution >= 4 is 17.9 Å². The van der Waals surface area contributed by atoms with Crippen molar-refractivity contribution in [1.29, 1.82) is 0 Å². The molecule has 0 fully saturated rings. The third kappa shape index (κ3) is 4.21. The molecule has 0 radical (unpaired) electrons. The van der Waals surface area contributed by atoms with Crippen molar-refractivity contribution in [2.75, 3.05) is 14.2 Å². The van der Waals surface area contributed by atoms with Gasteiger partial charge in [-0.25, -0.2) is 9.59 Å². The summed E-state index contributed by atoms with van der Waals surface area (Å²) in [6.45, 7) is 6.67. The van der Waals surface area contributed by atoms with Crippen molar-refractivity contribution in [2.24, 2.45) is 5.92 Å². The first kappa shape index (κ1) is 21.1. The van der Waals surface area contributed by atoms with Crippen molar-refractivity contribution in [3.63, 3.8) is 0 Å². The van der Waals surface area contributed by atoms with Crippen LogP contribution < -0.4 is 5.32 Å². The van der Waals surface area contributed by atoms with Crippen LogP contribution in [-0.2, 0) is 35.2 Å². The molecular weight excluding hydrogens is 370 g/mol. The lowest BCUT2D eigenvalue weighted by atomic mass is 9.85. The van der Waals surface area contributed by atoms with Crippen molar-refractivity contribution in [1.82, 2.24) is 15.5 Å². The summed E-state index contributed by atoms with van der Waals surface area (Å²) >= 11 is 0. The first-order valence-corrected chi connectivity index (χ1v) is 8.55. The standard InChI is InChI=1S/C18H23N3O7/c1-8(2)15-20-11(28-21-15)7-27-18(24)14-12(16(22)25-5)9(3)19-10(4)13(14)17(23)26-6/h8,14,19H,7H2,1-6H3. The molecule has 1 aliphatic heterocycles. The number of ether oxygens (including phenoxy) is 3. The first-order valence-electron chi connectivity index (χ1n) is 8.55. The number of nitrogens with zero attached hydrogens (tertiary/aromatic N) is 2. The Morgan fingerprint density at radius 3 is 2.04 bits per heavy atom. The zero-order valence-corrected chi connectivity index (χ0v) is 16.6. The SMILES string of the molecule is COC(=O)C1=C(C)NC(C)=C(C(=O)OC)C1C(=O)OCc1nc(C(C)C)no1. The highest BCUT2D eigenvalue weighted by molar-refractivity contribution is 6.05. The third-order valence-corrected chi connectivity index (χ3v) is 4.14. The van der Waals surface area contributed by atoms with E-state index < -0.39 is 23.8 Å². The maximum atomic E-state index is 12.8. The number of carbonyl (C=O) groups excluding carboxylic acids is 3. The summed E-state index contributed by atoms with van der Waals surface area (Å²) in [5.41, 5.74) is 0.677. The number of carbonyl (C=O) groups is 3. The molecule has 0 unspecified atom stereocenters. The minimum absolute atomic E-state index is 0.0353. The van der Waals surface area contributed by atoms with Gasteiger partial charge in [0.15, 0.2) is 12.4 Å². The zero-order valence-electron chi connectivity index (χ0n) is 16.6. The Bertz CT molecular complexity index is 813. The molecule has 0 spiro atoms. The molecule has 0 aliphatic carbocycles. The number of esters is 3. The van der Waals surface area contributed by atoms with Crippen molar-refractivity contribution < 1.29 is 33.1 Å². The monoisotopic (exact) mass is 393 g/mol. The zero-order chi connectivity index (χ0) is 21.0. The number of allylic oxidation sites excluding steroid dienone is 2. The average Bonchev–Trinajstić information content (AvgIpc) is 3.13. The molecule has 1 aromatic rings. The van der Waals surface area contributed by atoms with E-state index in [2.05, 4.69) is 15.5 Å². The maximum absolute atomic E-state index is 12.8. The molecule has 0 saturated heterocycles. The van der Waals surface area contributed by atoms with Crippen LogP contribution in [0.1, 0.15) is 45.3 Å². The number of hydrogen-bond acceptors (Lipinski definition) is 10. The van der Waals surface area contributed by atoms with E-state index in [0.29, 0.717) is 17.2 Å². The largest absolute Gasteiger partial charge is 0.466 e. The second-order valence-corrected chi connectivity index (χ2v) is 6.43. The summed E-state index contributed by atoms with van der Waals surface area (Å²) in [5, 5.41) is 6.68. The van der Waals surface area contributed by atoms with Gasteiger partial charge in [0, 0.05) is 17.3 Å². The highest BCUT2D eigenvalue weighted by Gasteiger charge is 2.42. The Kier molecular flexibility index (Phi) is 6.55. The second kappa shape index (κ2) is 8.68. The van der Waals surface area contributed by atoms with Crippen LogP contribution in [0.15, 0.2) is 27.1 Å². The quantitative estimate of drug-likeness (QED) is 0.558. The van der Waals surface area contributed by atoms with Crippen molar-refractivity contribution in [3.05, 3.63) is 34.3 Å². The predicted octanol–water partition coefficient (Wildman–Crippen LogP) is 1.35. The van der Waals surface area contributed by atoms with Crippen molar-refractivity contribution in [3.8, 4) is 0 Å². The first-order chi connectivity index (χ1) is 13.2. The number of dihydropyridines is 1. The van der Waals surface area contributed by atoms with Gasteiger partial charge >= 0.3 is 17.9 Å². The van der Waals surface area contributed by atoms with Crippen LogP contribution in [0.4, 0.5) is 0 Å². The van der Waals surface area contributed by atoms with Gasteiger partial charge in [0.05, 0.1) is 25.4 Å². The van der Waals surface area contributed by atoms with Gasteiger partial charge in [0.2, 0.25) is 0 Å². The highest BCUT2D eigenvalue weighted by atomic mass is 16.6. The van der Waals surface area contributed by atoms with E-state index in [1.54, 1.807) is 13.8 Å². The normalized spacial score (nSPS) is 14.8. The summed E-state index contributed by atoms with van der Waals surface area (Å²) in [6, 6.07) is 0. The molecule has 10 nitrogen and oxygen atoms in total. The van der Waals surface area contributed by atoms with Crippen LogP contribution >= 0.6 is 0 Å².